The SMILES string of the molecule is CC(C)c1ccccc1N1CC(CO)CC1=O. The summed E-state index contributed by atoms with van der Waals surface area (Å²) in [7, 11) is 0. The van der Waals surface area contributed by atoms with Gasteiger partial charge in [0, 0.05) is 31.2 Å². The molecule has 0 bridgehead atoms. The molecule has 0 aromatic heterocycles. The lowest BCUT2D eigenvalue weighted by Gasteiger charge is -2.22. The summed E-state index contributed by atoms with van der Waals surface area (Å²) >= 11 is 0. The van der Waals surface area contributed by atoms with Crippen LogP contribution in [0.5, 0.6) is 0 Å². The van der Waals surface area contributed by atoms with Crippen LogP contribution in [-0.2, 0) is 4.79 Å². The number of para-hydroxylation sites is 1. The molecular formula is C14H19NO2. The van der Waals surface area contributed by atoms with Crippen molar-refractivity contribution >= 4 is 11.6 Å². The van der Waals surface area contributed by atoms with Gasteiger partial charge >= 0.3 is 0 Å². The maximum Gasteiger partial charge on any atom is 0.227 e. The molecule has 1 saturated heterocycles. The molecule has 0 spiro atoms. The number of aliphatic hydroxyl groups is 1. The molecule has 3 nitrogen and oxygen atoms in total. The maximum atomic E-state index is 11.9. The molecule has 2 rings (SSSR count). The fourth-order valence-electron chi connectivity index (χ4n) is 2.36. The molecular weight excluding hydrogens is 214 g/mol. The largest absolute Gasteiger partial charge is 0.396 e. The van der Waals surface area contributed by atoms with Crippen molar-refractivity contribution < 1.29 is 9.90 Å². The number of rotatable bonds is 3. The van der Waals surface area contributed by atoms with Gasteiger partial charge in [0.15, 0.2) is 0 Å². The van der Waals surface area contributed by atoms with Crippen LogP contribution in [0.2, 0.25) is 0 Å². The van der Waals surface area contributed by atoms with Gasteiger partial charge in [-0.3, -0.25) is 4.79 Å². The third-order valence-electron chi connectivity index (χ3n) is 3.31. The van der Waals surface area contributed by atoms with Gasteiger partial charge < -0.3 is 10.0 Å². The number of anilines is 1. The highest BCUT2D eigenvalue weighted by molar-refractivity contribution is 5.96. The smallest absolute Gasteiger partial charge is 0.227 e. The van der Waals surface area contributed by atoms with E-state index in [1.807, 2.05) is 23.1 Å². The predicted octanol–water partition coefficient (Wildman–Crippen LogP) is 2.16. The number of hydrogen-bond acceptors (Lipinski definition) is 2. The van der Waals surface area contributed by atoms with E-state index in [0.29, 0.717) is 18.9 Å². The van der Waals surface area contributed by atoms with Gasteiger partial charge in [0.05, 0.1) is 0 Å². The number of aliphatic hydroxyl groups excluding tert-OH is 1. The topological polar surface area (TPSA) is 40.5 Å². The van der Waals surface area contributed by atoms with Crippen molar-refractivity contribution in [3.05, 3.63) is 29.8 Å². The highest BCUT2D eigenvalue weighted by atomic mass is 16.3. The molecule has 1 aromatic rings. The van der Waals surface area contributed by atoms with Gasteiger partial charge in [-0.1, -0.05) is 32.0 Å². The van der Waals surface area contributed by atoms with Crippen LogP contribution in [0.3, 0.4) is 0 Å². The van der Waals surface area contributed by atoms with Crippen LogP contribution in [-0.4, -0.2) is 24.2 Å². The molecule has 1 aliphatic heterocycles. The van der Waals surface area contributed by atoms with Crippen molar-refractivity contribution in [1.29, 1.82) is 0 Å². The lowest BCUT2D eigenvalue weighted by Crippen LogP contribution is -2.26. The zero-order valence-corrected chi connectivity index (χ0v) is 10.4. The molecule has 1 N–H and O–H groups in total. The third kappa shape index (κ3) is 2.34. The quantitative estimate of drug-likeness (QED) is 0.869. The zero-order valence-electron chi connectivity index (χ0n) is 10.4. The first-order chi connectivity index (χ1) is 8.13. The summed E-state index contributed by atoms with van der Waals surface area (Å²) in [6.45, 7) is 4.98. The van der Waals surface area contributed by atoms with Crippen molar-refractivity contribution in [3.63, 3.8) is 0 Å². The molecule has 1 amide bonds. The molecule has 1 aromatic carbocycles. The van der Waals surface area contributed by atoms with Gasteiger partial charge in [-0.2, -0.15) is 0 Å². The summed E-state index contributed by atoms with van der Waals surface area (Å²) in [5.74, 6) is 0.604. The van der Waals surface area contributed by atoms with Crippen LogP contribution in [0.1, 0.15) is 31.7 Å². The van der Waals surface area contributed by atoms with E-state index in [9.17, 15) is 4.79 Å². The van der Waals surface area contributed by atoms with Crippen molar-refractivity contribution in [3.8, 4) is 0 Å². The second-order valence-corrected chi connectivity index (χ2v) is 4.97. The lowest BCUT2D eigenvalue weighted by molar-refractivity contribution is -0.117. The Kier molecular flexibility index (Phi) is 3.48. The number of carbonyl (C=O) groups is 1. The molecule has 1 aliphatic rings. The summed E-state index contributed by atoms with van der Waals surface area (Å²) in [6, 6.07) is 8.02. The van der Waals surface area contributed by atoms with Gasteiger partial charge in [0.1, 0.15) is 0 Å². The zero-order chi connectivity index (χ0) is 12.4. The molecule has 1 fully saturated rings. The van der Waals surface area contributed by atoms with Crippen LogP contribution < -0.4 is 4.90 Å². The fraction of sp³-hybridized carbons (Fsp3) is 0.500. The third-order valence-corrected chi connectivity index (χ3v) is 3.31. The van der Waals surface area contributed by atoms with E-state index in [1.54, 1.807) is 0 Å². The van der Waals surface area contributed by atoms with Crippen molar-refractivity contribution in [2.75, 3.05) is 18.1 Å². The first kappa shape index (κ1) is 12.1. The van der Waals surface area contributed by atoms with E-state index in [-0.39, 0.29) is 18.4 Å². The minimum Gasteiger partial charge on any atom is -0.396 e. The van der Waals surface area contributed by atoms with Crippen molar-refractivity contribution in [1.82, 2.24) is 0 Å². The van der Waals surface area contributed by atoms with E-state index in [0.717, 1.165) is 5.69 Å². The van der Waals surface area contributed by atoms with Crippen molar-refractivity contribution in [2.45, 2.75) is 26.2 Å². The van der Waals surface area contributed by atoms with E-state index in [2.05, 4.69) is 19.9 Å². The first-order valence-electron chi connectivity index (χ1n) is 6.13. The van der Waals surface area contributed by atoms with E-state index >= 15 is 0 Å². The summed E-state index contributed by atoms with van der Waals surface area (Å²) in [6.07, 6.45) is 0.461. The Morgan fingerprint density at radius 3 is 2.71 bits per heavy atom. The van der Waals surface area contributed by atoms with E-state index < -0.39 is 0 Å². The average Bonchev–Trinajstić information content (AvgIpc) is 2.70. The van der Waals surface area contributed by atoms with Gasteiger partial charge in [-0.25, -0.2) is 0 Å². The molecule has 92 valence electrons. The Labute approximate surface area is 102 Å². The molecule has 3 heteroatoms. The van der Waals surface area contributed by atoms with Crippen LogP contribution in [0.25, 0.3) is 0 Å². The van der Waals surface area contributed by atoms with Gasteiger partial charge in [-0.05, 0) is 17.5 Å². The Hall–Kier alpha value is -1.35. The second-order valence-electron chi connectivity index (χ2n) is 4.97. The van der Waals surface area contributed by atoms with E-state index in [4.69, 9.17) is 5.11 Å². The average molecular weight is 233 g/mol. The second kappa shape index (κ2) is 4.88. The van der Waals surface area contributed by atoms with Crippen LogP contribution in [0, 0.1) is 5.92 Å². The Morgan fingerprint density at radius 2 is 2.12 bits per heavy atom. The standard InChI is InChI=1S/C14H19NO2/c1-10(2)12-5-3-4-6-13(12)15-8-11(9-16)7-14(15)17/h3-6,10-11,16H,7-9H2,1-2H3. The van der Waals surface area contributed by atoms with Gasteiger partial charge in [-0.15, -0.1) is 0 Å². The molecule has 1 unspecified atom stereocenters. The minimum atomic E-state index is 0.0859. The number of benzene rings is 1. The molecule has 17 heavy (non-hydrogen) atoms. The molecule has 1 heterocycles. The van der Waals surface area contributed by atoms with Gasteiger partial charge in [0.25, 0.3) is 0 Å². The monoisotopic (exact) mass is 233 g/mol. The van der Waals surface area contributed by atoms with Gasteiger partial charge in [0.2, 0.25) is 5.91 Å². The minimum absolute atomic E-state index is 0.0859. The molecule has 0 radical (unpaired) electrons. The fourth-order valence-corrected chi connectivity index (χ4v) is 2.36. The summed E-state index contributed by atoms with van der Waals surface area (Å²) < 4.78 is 0. The number of nitrogens with zero attached hydrogens (tertiary/aromatic N) is 1. The Morgan fingerprint density at radius 1 is 1.41 bits per heavy atom. The molecule has 1 atom stereocenters. The number of carbonyl (C=O) groups excluding carboxylic acids is 1. The maximum absolute atomic E-state index is 11.9. The lowest BCUT2D eigenvalue weighted by atomic mass is 10.0. The highest BCUT2D eigenvalue weighted by Crippen LogP contribution is 2.31. The molecule has 0 saturated carbocycles. The Bertz CT molecular complexity index is 414. The van der Waals surface area contributed by atoms with Crippen molar-refractivity contribution in [2.24, 2.45) is 5.92 Å². The predicted molar refractivity (Wildman–Crippen MR) is 68.1 cm³/mol. The first-order valence-corrected chi connectivity index (χ1v) is 6.13. The normalized spacial score (nSPS) is 20.4. The number of hydrogen-bond donors (Lipinski definition) is 1. The molecule has 0 aliphatic carbocycles. The van der Waals surface area contributed by atoms with Crippen LogP contribution in [0.4, 0.5) is 5.69 Å². The summed E-state index contributed by atoms with van der Waals surface area (Å²) in [5.41, 5.74) is 2.20. The van der Waals surface area contributed by atoms with E-state index in [1.165, 1.54) is 5.56 Å². The number of amides is 1. The summed E-state index contributed by atoms with van der Waals surface area (Å²) in [4.78, 5) is 13.7. The summed E-state index contributed by atoms with van der Waals surface area (Å²) in [5, 5.41) is 9.15. The Balaban J connectivity index is 2.31. The van der Waals surface area contributed by atoms with Crippen LogP contribution >= 0.6 is 0 Å². The van der Waals surface area contributed by atoms with Crippen LogP contribution in [0.15, 0.2) is 24.3 Å². The highest BCUT2D eigenvalue weighted by Gasteiger charge is 2.31.